The zero-order valence-electron chi connectivity index (χ0n) is 18.6. The van der Waals surface area contributed by atoms with Gasteiger partial charge in [0, 0.05) is 37.9 Å². The molecule has 0 aliphatic carbocycles. The average molecular weight is 425 g/mol. The quantitative estimate of drug-likeness (QED) is 0.280. The van der Waals surface area contributed by atoms with Crippen LogP contribution in [0.5, 0.6) is 5.75 Å². The first-order valence-electron chi connectivity index (χ1n) is 10.8. The molecule has 1 aromatic carbocycles. The Kier molecular flexibility index (Phi) is 8.66. The fourth-order valence-corrected chi connectivity index (χ4v) is 3.14. The van der Waals surface area contributed by atoms with E-state index in [0.717, 1.165) is 47.3 Å². The number of fused-ring (bicyclic) bond motifs is 1. The van der Waals surface area contributed by atoms with Gasteiger partial charge in [-0.15, -0.1) is 10.2 Å². The maximum absolute atomic E-state index is 5.93. The average Bonchev–Trinajstić information content (AvgIpc) is 3.19. The molecule has 2 aromatic heterocycles. The number of pyridine rings is 1. The number of ether oxygens (including phenoxy) is 2. The van der Waals surface area contributed by atoms with E-state index in [1.807, 2.05) is 41.8 Å². The largest absolute Gasteiger partial charge is 0.491 e. The highest BCUT2D eigenvalue weighted by atomic mass is 16.5. The van der Waals surface area contributed by atoms with Crippen molar-refractivity contribution in [1.82, 2.24) is 25.2 Å². The lowest BCUT2D eigenvalue weighted by Gasteiger charge is -2.13. The molecular weight excluding hydrogens is 392 g/mol. The summed E-state index contributed by atoms with van der Waals surface area (Å²) in [6.07, 6.45) is 2.72. The summed E-state index contributed by atoms with van der Waals surface area (Å²) in [4.78, 5) is 4.74. The van der Waals surface area contributed by atoms with Crippen LogP contribution in [0, 0.1) is 6.92 Å². The fraction of sp³-hybridized carbons (Fsp3) is 0.435. The van der Waals surface area contributed by atoms with Gasteiger partial charge in [-0.2, -0.15) is 0 Å². The summed E-state index contributed by atoms with van der Waals surface area (Å²) in [5, 5.41) is 15.2. The second-order valence-electron chi connectivity index (χ2n) is 7.07. The van der Waals surface area contributed by atoms with Gasteiger partial charge in [0.2, 0.25) is 0 Å². The van der Waals surface area contributed by atoms with Gasteiger partial charge in [0.15, 0.2) is 11.6 Å². The number of nitrogens with one attached hydrogen (secondary N) is 2. The van der Waals surface area contributed by atoms with Gasteiger partial charge in [0.1, 0.15) is 18.2 Å². The number of rotatable bonds is 11. The molecule has 8 nitrogen and oxygen atoms in total. The van der Waals surface area contributed by atoms with Crippen molar-refractivity contribution in [3.8, 4) is 5.75 Å². The van der Waals surface area contributed by atoms with Crippen molar-refractivity contribution in [2.75, 3.05) is 32.9 Å². The summed E-state index contributed by atoms with van der Waals surface area (Å²) in [5.74, 6) is 2.54. The number of hydrogen-bond donors (Lipinski definition) is 2. The Hall–Kier alpha value is -3.13. The summed E-state index contributed by atoms with van der Waals surface area (Å²) in [7, 11) is 0. The number of nitrogens with zero attached hydrogens (tertiary/aromatic N) is 4. The molecule has 0 amide bonds. The molecule has 31 heavy (non-hydrogen) atoms. The number of aromatic nitrogens is 3. The summed E-state index contributed by atoms with van der Waals surface area (Å²) in [6, 6.07) is 12.1. The van der Waals surface area contributed by atoms with E-state index in [1.54, 1.807) is 0 Å². The van der Waals surface area contributed by atoms with E-state index in [2.05, 4.69) is 46.8 Å². The van der Waals surface area contributed by atoms with Crippen molar-refractivity contribution in [2.24, 2.45) is 4.99 Å². The van der Waals surface area contributed by atoms with Gasteiger partial charge < -0.3 is 20.1 Å². The molecule has 0 fully saturated rings. The second-order valence-corrected chi connectivity index (χ2v) is 7.07. The smallest absolute Gasteiger partial charge is 0.191 e. The number of guanidine groups is 1. The predicted molar refractivity (Wildman–Crippen MR) is 123 cm³/mol. The summed E-state index contributed by atoms with van der Waals surface area (Å²) in [6.45, 7) is 9.89. The molecule has 0 spiro atoms. The van der Waals surface area contributed by atoms with Crippen molar-refractivity contribution >= 4 is 11.6 Å². The van der Waals surface area contributed by atoms with Crippen LogP contribution < -0.4 is 15.4 Å². The van der Waals surface area contributed by atoms with Crippen molar-refractivity contribution < 1.29 is 9.47 Å². The molecule has 0 saturated heterocycles. The van der Waals surface area contributed by atoms with E-state index in [4.69, 9.17) is 14.5 Å². The molecule has 166 valence electrons. The molecule has 2 N–H and O–H groups in total. The van der Waals surface area contributed by atoms with Gasteiger partial charge in [0.25, 0.3) is 0 Å². The number of hydrogen-bond acceptors (Lipinski definition) is 5. The van der Waals surface area contributed by atoms with Gasteiger partial charge in [0.05, 0.1) is 13.2 Å². The van der Waals surface area contributed by atoms with Crippen LogP contribution in [-0.2, 0) is 17.7 Å². The van der Waals surface area contributed by atoms with E-state index < -0.39 is 0 Å². The number of aryl methyl sites for hydroxylation is 1. The standard InChI is InChI=1S/C23H32N6O2/c1-4-24-23(25-12-11-22-28-27-21-8-6-7-13-29(21)22)26-17-19-10-9-18(3)16-20(19)31-15-14-30-5-2/h6-10,13,16H,4-5,11-12,14-15,17H2,1-3H3,(H2,24,25,26). The molecule has 2 heterocycles. The van der Waals surface area contributed by atoms with Crippen LogP contribution in [0.25, 0.3) is 5.65 Å². The number of benzene rings is 1. The lowest BCUT2D eigenvalue weighted by Crippen LogP contribution is -2.38. The molecule has 3 aromatic rings. The highest BCUT2D eigenvalue weighted by Gasteiger charge is 2.07. The normalized spacial score (nSPS) is 11.6. The van der Waals surface area contributed by atoms with Crippen LogP contribution in [0.3, 0.4) is 0 Å². The van der Waals surface area contributed by atoms with Crippen LogP contribution >= 0.6 is 0 Å². The maximum Gasteiger partial charge on any atom is 0.191 e. The SMILES string of the molecule is CCNC(=NCc1ccc(C)cc1OCCOCC)NCCc1nnc2ccccn12. The monoisotopic (exact) mass is 424 g/mol. The Labute approximate surface area is 183 Å². The molecule has 0 aliphatic rings. The van der Waals surface area contributed by atoms with Crippen LogP contribution in [0.4, 0.5) is 0 Å². The lowest BCUT2D eigenvalue weighted by atomic mass is 10.1. The topological polar surface area (TPSA) is 85.1 Å². The van der Waals surface area contributed by atoms with Crippen molar-refractivity contribution in [2.45, 2.75) is 33.7 Å². The second kappa shape index (κ2) is 11.9. The van der Waals surface area contributed by atoms with Crippen molar-refractivity contribution in [3.63, 3.8) is 0 Å². The Balaban J connectivity index is 1.60. The third-order valence-corrected chi connectivity index (χ3v) is 4.69. The zero-order chi connectivity index (χ0) is 21.9. The first-order valence-corrected chi connectivity index (χ1v) is 10.8. The maximum atomic E-state index is 5.93. The first-order chi connectivity index (χ1) is 15.2. The minimum Gasteiger partial charge on any atom is -0.491 e. The highest BCUT2D eigenvalue weighted by molar-refractivity contribution is 5.79. The molecule has 0 atom stereocenters. The summed E-state index contributed by atoms with van der Waals surface area (Å²) >= 11 is 0. The van der Waals surface area contributed by atoms with Crippen LogP contribution in [0.2, 0.25) is 0 Å². The molecule has 0 unspecified atom stereocenters. The van der Waals surface area contributed by atoms with Gasteiger partial charge in [-0.3, -0.25) is 4.40 Å². The summed E-state index contributed by atoms with van der Waals surface area (Å²) in [5.41, 5.74) is 3.06. The minimum atomic E-state index is 0.521. The number of aliphatic imine (C=N–C) groups is 1. The molecular formula is C23H32N6O2. The fourth-order valence-electron chi connectivity index (χ4n) is 3.14. The van der Waals surface area contributed by atoms with Gasteiger partial charge in [-0.25, -0.2) is 4.99 Å². The van der Waals surface area contributed by atoms with Crippen molar-refractivity contribution in [1.29, 1.82) is 0 Å². The first kappa shape index (κ1) is 22.6. The van der Waals surface area contributed by atoms with E-state index in [-0.39, 0.29) is 0 Å². The molecule has 0 bridgehead atoms. The van der Waals surface area contributed by atoms with E-state index in [1.165, 1.54) is 0 Å². The van der Waals surface area contributed by atoms with Gasteiger partial charge >= 0.3 is 0 Å². The third kappa shape index (κ3) is 6.68. The molecule has 0 radical (unpaired) electrons. The zero-order valence-corrected chi connectivity index (χ0v) is 18.6. The summed E-state index contributed by atoms with van der Waals surface area (Å²) < 4.78 is 13.3. The van der Waals surface area contributed by atoms with E-state index >= 15 is 0 Å². The van der Waals surface area contributed by atoms with Crippen LogP contribution in [-0.4, -0.2) is 53.5 Å². The van der Waals surface area contributed by atoms with Crippen LogP contribution in [0.1, 0.15) is 30.8 Å². The predicted octanol–water partition coefficient (Wildman–Crippen LogP) is 2.75. The Morgan fingerprint density at radius 2 is 2.00 bits per heavy atom. The Morgan fingerprint density at radius 1 is 1.10 bits per heavy atom. The minimum absolute atomic E-state index is 0.521. The molecule has 8 heteroatoms. The third-order valence-electron chi connectivity index (χ3n) is 4.69. The Morgan fingerprint density at radius 3 is 2.84 bits per heavy atom. The van der Waals surface area contributed by atoms with Crippen LogP contribution in [0.15, 0.2) is 47.6 Å². The molecule has 0 saturated carbocycles. The highest BCUT2D eigenvalue weighted by Crippen LogP contribution is 2.21. The molecule has 3 rings (SSSR count). The van der Waals surface area contributed by atoms with Gasteiger partial charge in [-0.05, 0) is 44.5 Å². The van der Waals surface area contributed by atoms with E-state index in [0.29, 0.717) is 32.9 Å². The van der Waals surface area contributed by atoms with Gasteiger partial charge in [-0.1, -0.05) is 18.2 Å². The van der Waals surface area contributed by atoms with E-state index in [9.17, 15) is 0 Å². The Bertz CT molecular complexity index is 985. The molecule has 0 aliphatic heterocycles. The lowest BCUT2D eigenvalue weighted by molar-refractivity contribution is 0.110. The van der Waals surface area contributed by atoms with Crippen molar-refractivity contribution in [3.05, 3.63) is 59.5 Å².